The molecule has 0 fully saturated rings. The van der Waals surface area contributed by atoms with Crippen molar-refractivity contribution in [2.24, 2.45) is 5.92 Å². The average molecular weight is 224 g/mol. The molecule has 1 rings (SSSR count). The van der Waals surface area contributed by atoms with Crippen molar-refractivity contribution in [1.29, 1.82) is 0 Å². The van der Waals surface area contributed by atoms with Gasteiger partial charge in [-0.1, -0.05) is 33.8 Å². The van der Waals surface area contributed by atoms with E-state index in [4.69, 9.17) is 9.47 Å². The van der Waals surface area contributed by atoms with Crippen LogP contribution in [0.15, 0.2) is 18.2 Å². The van der Waals surface area contributed by atoms with Gasteiger partial charge in [0.2, 0.25) is 0 Å². The van der Waals surface area contributed by atoms with Crippen LogP contribution in [0.5, 0.6) is 11.5 Å². The lowest BCUT2D eigenvalue weighted by atomic mass is 10.1. The van der Waals surface area contributed by atoms with E-state index in [1.807, 2.05) is 18.2 Å². The van der Waals surface area contributed by atoms with Gasteiger partial charge in [-0.2, -0.15) is 0 Å². The molecular formula is C14H24O2. The molecule has 0 heterocycles. The molecule has 0 unspecified atom stereocenters. The second kappa shape index (κ2) is 8.03. The minimum Gasteiger partial charge on any atom is -0.493 e. The molecular weight excluding hydrogens is 200 g/mol. The summed E-state index contributed by atoms with van der Waals surface area (Å²) in [7, 11) is 3.29. The van der Waals surface area contributed by atoms with Crippen LogP contribution in [0.25, 0.3) is 0 Å². The number of hydrogen-bond acceptors (Lipinski definition) is 2. The van der Waals surface area contributed by atoms with E-state index in [0.29, 0.717) is 0 Å². The lowest BCUT2D eigenvalue weighted by Gasteiger charge is -2.07. The van der Waals surface area contributed by atoms with Gasteiger partial charge < -0.3 is 9.47 Å². The van der Waals surface area contributed by atoms with Gasteiger partial charge in [0.05, 0.1) is 14.2 Å². The second-order valence-electron chi connectivity index (χ2n) is 4.27. The summed E-state index contributed by atoms with van der Waals surface area (Å²) < 4.78 is 10.3. The summed E-state index contributed by atoms with van der Waals surface area (Å²) >= 11 is 0. The van der Waals surface area contributed by atoms with E-state index in [1.54, 1.807) is 14.2 Å². The number of methoxy groups -OCH3 is 2. The topological polar surface area (TPSA) is 18.5 Å². The Bertz CT molecular complexity index is 290. The molecule has 0 aliphatic carbocycles. The molecule has 0 N–H and O–H groups in total. The third-order valence-electron chi connectivity index (χ3n) is 1.86. The number of ether oxygens (including phenoxy) is 2. The van der Waals surface area contributed by atoms with Crippen molar-refractivity contribution in [2.75, 3.05) is 14.2 Å². The van der Waals surface area contributed by atoms with Crippen LogP contribution in [0.4, 0.5) is 0 Å². The Morgan fingerprint density at radius 3 is 1.88 bits per heavy atom. The Morgan fingerprint density at radius 1 is 1.00 bits per heavy atom. The highest BCUT2D eigenvalue weighted by molar-refractivity contribution is 5.42. The van der Waals surface area contributed by atoms with E-state index in [1.165, 1.54) is 5.56 Å². The third-order valence-corrected chi connectivity index (χ3v) is 1.86. The van der Waals surface area contributed by atoms with Gasteiger partial charge in [-0.15, -0.1) is 0 Å². The van der Waals surface area contributed by atoms with Crippen LogP contribution in [0.1, 0.15) is 33.3 Å². The zero-order valence-corrected chi connectivity index (χ0v) is 11.3. The molecule has 2 nitrogen and oxygen atoms in total. The Hall–Kier alpha value is -1.18. The summed E-state index contributed by atoms with van der Waals surface area (Å²) in [5.41, 5.74) is 1.26. The van der Waals surface area contributed by atoms with E-state index in [2.05, 4.69) is 27.7 Å². The fourth-order valence-corrected chi connectivity index (χ4v) is 1.10. The van der Waals surface area contributed by atoms with Crippen LogP contribution in [-0.2, 0) is 6.42 Å². The highest BCUT2D eigenvalue weighted by atomic mass is 16.5. The number of rotatable bonds is 3. The van der Waals surface area contributed by atoms with Gasteiger partial charge in [0.25, 0.3) is 0 Å². The van der Waals surface area contributed by atoms with Gasteiger partial charge in [-0.05, 0) is 30.0 Å². The van der Waals surface area contributed by atoms with Gasteiger partial charge in [0.15, 0.2) is 11.5 Å². The lowest BCUT2D eigenvalue weighted by Crippen LogP contribution is -1.91. The smallest absolute Gasteiger partial charge is 0.160 e. The molecule has 0 aromatic heterocycles. The van der Waals surface area contributed by atoms with Crippen LogP contribution in [0.3, 0.4) is 0 Å². The summed E-state index contributed by atoms with van der Waals surface area (Å²) in [4.78, 5) is 0. The van der Waals surface area contributed by atoms with Crippen molar-refractivity contribution >= 4 is 0 Å². The number of benzene rings is 1. The van der Waals surface area contributed by atoms with Crippen LogP contribution >= 0.6 is 0 Å². The van der Waals surface area contributed by atoms with Gasteiger partial charge in [-0.25, -0.2) is 0 Å². The SMILES string of the molecule is CC(C)C.CCc1ccc(OC)c(OC)c1. The van der Waals surface area contributed by atoms with E-state index in [9.17, 15) is 0 Å². The molecule has 16 heavy (non-hydrogen) atoms. The molecule has 0 saturated carbocycles. The fraction of sp³-hybridized carbons (Fsp3) is 0.571. The Balaban J connectivity index is 0.000000487. The maximum Gasteiger partial charge on any atom is 0.160 e. The Kier molecular flexibility index (Phi) is 7.44. The van der Waals surface area contributed by atoms with E-state index < -0.39 is 0 Å². The zero-order valence-electron chi connectivity index (χ0n) is 11.3. The maximum absolute atomic E-state index is 5.15. The van der Waals surface area contributed by atoms with Crippen LogP contribution in [0.2, 0.25) is 0 Å². The minimum atomic E-state index is 0.787. The summed E-state index contributed by atoms with van der Waals surface area (Å²) in [6, 6.07) is 5.97. The molecule has 0 aliphatic heterocycles. The third kappa shape index (κ3) is 5.64. The maximum atomic E-state index is 5.15. The summed E-state index contributed by atoms with van der Waals surface area (Å²) in [6.45, 7) is 8.61. The van der Waals surface area contributed by atoms with Crippen LogP contribution in [0, 0.1) is 5.92 Å². The van der Waals surface area contributed by atoms with Crippen molar-refractivity contribution < 1.29 is 9.47 Å². The average Bonchev–Trinajstić information content (AvgIpc) is 2.27. The molecule has 0 atom stereocenters. The Labute approximate surface area is 99.6 Å². The van der Waals surface area contributed by atoms with Gasteiger partial charge in [-0.3, -0.25) is 0 Å². The summed E-state index contributed by atoms with van der Waals surface area (Å²) in [5, 5.41) is 0. The molecule has 1 aromatic rings. The van der Waals surface area contributed by atoms with Crippen molar-refractivity contribution in [3.63, 3.8) is 0 Å². The molecule has 0 saturated heterocycles. The minimum absolute atomic E-state index is 0.787. The van der Waals surface area contributed by atoms with Crippen molar-refractivity contribution in [3.8, 4) is 11.5 Å². The van der Waals surface area contributed by atoms with Crippen molar-refractivity contribution in [3.05, 3.63) is 23.8 Å². The highest BCUT2D eigenvalue weighted by Gasteiger charge is 2.02. The predicted molar refractivity (Wildman–Crippen MR) is 69.4 cm³/mol. The monoisotopic (exact) mass is 224 g/mol. The largest absolute Gasteiger partial charge is 0.493 e. The molecule has 1 aromatic carbocycles. The first kappa shape index (κ1) is 14.8. The molecule has 0 aliphatic rings. The molecule has 0 amide bonds. The van der Waals surface area contributed by atoms with E-state index in [0.717, 1.165) is 23.8 Å². The number of aryl methyl sites for hydroxylation is 1. The summed E-state index contributed by atoms with van der Waals surface area (Å²) in [5.74, 6) is 2.42. The second-order valence-corrected chi connectivity index (χ2v) is 4.27. The number of hydrogen-bond donors (Lipinski definition) is 0. The first-order valence-corrected chi connectivity index (χ1v) is 5.76. The van der Waals surface area contributed by atoms with Crippen LogP contribution in [-0.4, -0.2) is 14.2 Å². The lowest BCUT2D eigenvalue weighted by molar-refractivity contribution is 0.354. The van der Waals surface area contributed by atoms with Gasteiger partial charge in [0, 0.05) is 0 Å². The van der Waals surface area contributed by atoms with Crippen LogP contribution < -0.4 is 9.47 Å². The molecule has 0 spiro atoms. The first-order chi connectivity index (χ1) is 7.54. The standard InChI is InChI=1S/C10H14O2.C4H10/c1-4-8-5-6-9(11-2)10(7-8)12-3;1-4(2)3/h5-7H,4H2,1-3H3;4H,1-3H3. The Morgan fingerprint density at radius 2 is 1.50 bits per heavy atom. The molecule has 2 heteroatoms. The van der Waals surface area contributed by atoms with Gasteiger partial charge >= 0.3 is 0 Å². The predicted octanol–water partition coefficient (Wildman–Crippen LogP) is 3.93. The molecule has 0 bridgehead atoms. The molecule has 0 radical (unpaired) electrons. The van der Waals surface area contributed by atoms with E-state index in [-0.39, 0.29) is 0 Å². The normalized spacial score (nSPS) is 9.44. The van der Waals surface area contributed by atoms with Gasteiger partial charge in [0.1, 0.15) is 0 Å². The van der Waals surface area contributed by atoms with Crippen molar-refractivity contribution in [1.82, 2.24) is 0 Å². The highest BCUT2D eigenvalue weighted by Crippen LogP contribution is 2.27. The first-order valence-electron chi connectivity index (χ1n) is 5.76. The quantitative estimate of drug-likeness (QED) is 0.774. The molecule has 92 valence electrons. The fourth-order valence-electron chi connectivity index (χ4n) is 1.10. The van der Waals surface area contributed by atoms with E-state index >= 15 is 0 Å². The van der Waals surface area contributed by atoms with Crippen molar-refractivity contribution in [2.45, 2.75) is 34.1 Å². The summed E-state index contributed by atoms with van der Waals surface area (Å²) in [6.07, 6.45) is 1.01. The zero-order chi connectivity index (χ0) is 12.6.